The molecule has 0 amide bonds. The van der Waals surface area contributed by atoms with Gasteiger partial charge in [-0.2, -0.15) is 0 Å². The number of nitrogen functional groups attached to an aromatic ring is 1. The van der Waals surface area contributed by atoms with Crippen molar-refractivity contribution in [1.82, 2.24) is 14.5 Å². The van der Waals surface area contributed by atoms with Crippen LogP contribution in [0.1, 0.15) is 31.4 Å². The van der Waals surface area contributed by atoms with Crippen LogP contribution in [-0.4, -0.2) is 14.5 Å². The van der Waals surface area contributed by atoms with Gasteiger partial charge in [-0.1, -0.05) is 13.3 Å². The van der Waals surface area contributed by atoms with Crippen LogP contribution >= 0.6 is 0 Å². The van der Waals surface area contributed by atoms with Crippen LogP contribution < -0.4 is 5.73 Å². The zero-order valence-electron chi connectivity index (χ0n) is 9.64. The molecule has 0 aliphatic heterocycles. The molecule has 1 aliphatic rings. The normalized spacial score (nSPS) is 23.9. The number of aromatic nitrogens is 3. The molecule has 0 saturated heterocycles. The first kappa shape index (κ1) is 9.63. The Morgan fingerprint density at radius 2 is 2.38 bits per heavy atom. The van der Waals surface area contributed by atoms with E-state index >= 15 is 0 Å². The first-order valence-corrected chi connectivity index (χ1v) is 5.80. The third-order valence-electron chi connectivity index (χ3n) is 3.44. The highest BCUT2D eigenvalue weighted by Crippen LogP contribution is 2.47. The predicted molar refractivity (Wildman–Crippen MR) is 64.1 cm³/mol. The first-order chi connectivity index (χ1) is 7.70. The molecule has 4 nitrogen and oxygen atoms in total. The van der Waals surface area contributed by atoms with Crippen molar-refractivity contribution in [3.05, 3.63) is 17.8 Å². The molecule has 3 rings (SSSR count). The summed E-state index contributed by atoms with van der Waals surface area (Å²) in [6.45, 7) is 4.24. The van der Waals surface area contributed by atoms with E-state index < -0.39 is 0 Å². The highest BCUT2D eigenvalue weighted by atomic mass is 15.2. The zero-order chi connectivity index (χ0) is 11.3. The molecule has 0 radical (unpaired) electrons. The molecule has 2 N–H and O–H groups in total. The molecule has 84 valence electrons. The molecule has 1 fully saturated rings. The highest BCUT2D eigenvalue weighted by Gasteiger charge is 2.39. The molecular formula is C12H16N4. The lowest BCUT2D eigenvalue weighted by Gasteiger charge is -2.04. The lowest BCUT2D eigenvalue weighted by molar-refractivity contribution is 0.657. The Hall–Kier alpha value is -1.58. The Morgan fingerprint density at radius 3 is 3.06 bits per heavy atom. The second-order valence-electron chi connectivity index (χ2n) is 4.67. The summed E-state index contributed by atoms with van der Waals surface area (Å²) in [5, 5.41) is 0. The van der Waals surface area contributed by atoms with E-state index in [0.717, 1.165) is 22.6 Å². The highest BCUT2D eigenvalue weighted by molar-refractivity contribution is 5.75. The Bertz CT molecular complexity index is 543. The summed E-state index contributed by atoms with van der Waals surface area (Å²) < 4.78 is 2.10. The van der Waals surface area contributed by atoms with Crippen molar-refractivity contribution in [1.29, 1.82) is 0 Å². The number of pyridine rings is 1. The molecule has 0 spiro atoms. The number of aryl methyl sites for hydroxylation is 1. The SMILES string of the molecule is CCC1CC1n1c(N)nc2cc(C)cnc21. The van der Waals surface area contributed by atoms with E-state index in [4.69, 9.17) is 5.73 Å². The zero-order valence-corrected chi connectivity index (χ0v) is 9.64. The van der Waals surface area contributed by atoms with Crippen LogP contribution in [0.4, 0.5) is 5.95 Å². The molecule has 2 aromatic rings. The van der Waals surface area contributed by atoms with Crippen LogP contribution in [0.15, 0.2) is 12.3 Å². The molecule has 2 aromatic heterocycles. The first-order valence-electron chi connectivity index (χ1n) is 5.80. The van der Waals surface area contributed by atoms with Gasteiger partial charge in [-0.05, 0) is 30.9 Å². The van der Waals surface area contributed by atoms with Crippen LogP contribution in [0.5, 0.6) is 0 Å². The summed E-state index contributed by atoms with van der Waals surface area (Å²) in [5.74, 6) is 1.36. The fourth-order valence-electron chi connectivity index (χ4n) is 2.41. The summed E-state index contributed by atoms with van der Waals surface area (Å²) in [6.07, 6.45) is 4.29. The Kier molecular flexibility index (Phi) is 1.93. The van der Waals surface area contributed by atoms with Crippen LogP contribution in [0.25, 0.3) is 11.2 Å². The standard InChI is InChI=1S/C12H16N4/c1-3-8-5-10(8)16-11-9(15-12(16)13)4-7(2)6-14-11/h4,6,8,10H,3,5H2,1-2H3,(H2,13,15). The molecule has 2 atom stereocenters. The third-order valence-corrected chi connectivity index (χ3v) is 3.44. The molecular weight excluding hydrogens is 200 g/mol. The van der Waals surface area contributed by atoms with Crippen molar-refractivity contribution in [2.75, 3.05) is 5.73 Å². The molecule has 2 heterocycles. The summed E-state index contributed by atoms with van der Waals surface area (Å²) in [5.41, 5.74) is 8.95. The van der Waals surface area contributed by atoms with Gasteiger partial charge in [-0.15, -0.1) is 0 Å². The molecule has 0 aromatic carbocycles. The van der Waals surface area contributed by atoms with Crippen LogP contribution in [-0.2, 0) is 0 Å². The fraction of sp³-hybridized carbons (Fsp3) is 0.500. The van der Waals surface area contributed by atoms with Gasteiger partial charge < -0.3 is 5.73 Å². The number of hydrogen-bond acceptors (Lipinski definition) is 3. The Labute approximate surface area is 94.5 Å². The number of imidazole rings is 1. The number of hydrogen-bond donors (Lipinski definition) is 1. The van der Waals surface area contributed by atoms with Gasteiger partial charge >= 0.3 is 0 Å². The van der Waals surface area contributed by atoms with E-state index in [2.05, 4.69) is 21.5 Å². The van der Waals surface area contributed by atoms with E-state index in [1.54, 1.807) is 0 Å². The maximum atomic E-state index is 5.97. The van der Waals surface area contributed by atoms with E-state index in [1.165, 1.54) is 12.8 Å². The lowest BCUT2D eigenvalue weighted by atomic mass is 10.3. The Balaban J connectivity index is 2.13. The van der Waals surface area contributed by atoms with Gasteiger partial charge in [0.1, 0.15) is 5.52 Å². The van der Waals surface area contributed by atoms with E-state index in [9.17, 15) is 0 Å². The van der Waals surface area contributed by atoms with Crippen molar-refractivity contribution >= 4 is 17.1 Å². The van der Waals surface area contributed by atoms with Gasteiger partial charge in [-0.25, -0.2) is 9.97 Å². The van der Waals surface area contributed by atoms with Gasteiger partial charge in [0, 0.05) is 12.2 Å². The smallest absolute Gasteiger partial charge is 0.202 e. The summed E-state index contributed by atoms with van der Waals surface area (Å²) >= 11 is 0. The molecule has 0 bridgehead atoms. The summed E-state index contributed by atoms with van der Waals surface area (Å²) in [4.78, 5) is 8.83. The lowest BCUT2D eigenvalue weighted by Crippen LogP contribution is -2.03. The minimum absolute atomic E-state index is 0.519. The molecule has 2 unspecified atom stereocenters. The number of rotatable bonds is 2. The Morgan fingerprint density at radius 1 is 1.56 bits per heavy atom. The number of fused-ring (bicyclic) bond motifs is 1. The molecule has 4 heteroatoms. The van der Waals surface area contributed by atoms with Crippen LogP contribution in [0.2, 0.25) is 0 Å². The second kappa shape index (κ2) is 3.20. The van der Waals surface area contributed by atoms with Crippen molar-refractivity contribution in [3.8, 4) is 0 Å². The molecule has 16 heavy (non-hydrogen) atoms. The number of anilines is 1. The molecule has 1 aliphatic carbocycles. The largest absolute Gasteiger partial charge is 0.369 e. The van der Waals surface area contributed by atoms with Crippen molar-refractivity contribution in [2.45, 2.75) is 32.7 Å². The fourth-order valence-corrected chi connectivity index (χ4v) is 2.41. The van der Waals surface area contributed by atoms with Crippen LogP contribution in [0, 0.1) is 12.8 Å². The van der Waals surface area contributed by atoms with Gasteiger partial charge in [0.05, 0.1) is 0 Å². The number of nitrogens with zero attached hydrogens (tertiary/aromatic N) is 3. The van der Waals surface area contributed by atoms with Crippen molar-refractivity contribution in [2.24, 2.45) is 5.92 Å². The van der Waals surface area contributed by atoms with E-state index in [1.807, 2.05) is 19.2 Å². The predicted octanol–water partition coefficient (Wildman–Crippen LogP) is 2.29. The third kappa shape index (κ3) is 1.29. The maximum Gasteiger partial charge on any atom is 0.202 e. The van der Waals surface area contributed by atoms with Crippen molar-refractivity contribution < 1.29 is 0 Å². The van der Waals surface area contributed by atoms with Gasteiger partial charge in [-0.3, -0.25) is 4.57 Å². The summed E-state index contributed by atoms with van der Waals surface area (Å²) in [6, 6.07) is 2.56. The molecule has 1 saturated carbocycles. The van der Waals surface area contributed by atoms with E-state index in [-0.39, 0.29) is 0 Å². The minimum Gasteiger partial charge on any atom is -0.369 e. The number of nitrogens with two attached hydrogens (primary N) is 1. The van der Waals surface area contributed by atoms with Gasteiger partial charge in [0.2, 0.25) is 5.95 Å². The topological polar surface area (TPSA) is 56.7 Å². The quantitative estimate of drug-likeness (QED) is 0.838. The van der Waals surface area contributed by atoms with Crippen LogP contribution in [0.3, 0.4) is 0 Å². The minimum atomic E-state index is 0.519. The summed E-state index contributed by atoms with van der Waals surface area (Å²) in [7, 11) is 0. The maximum absolute atomic E-state index is 5.97. The average Bonchev–Trinajstić information content (AvgIpc) is 2.94. The van der Waals surface area contributed by atoms with Gasteiger partial charge in [0.25, 0.3) is 0 Å². The average molecular weight is 216 g/mol. The second-order valence-corrected chi connectivity index (χ2v) is 4.67. The van der Waals surface area contributed by atoms with E-state index in [0.29, 0.717) is 12.0 Å². The van der Waals surface area contributed by atoms with Crippen molar-refractivity contribution in [3.63, 3.8) is 0 Å². The van der Waals surface area contributed by atoms with Gasteiger partial charge in [0.15, 0.2) is 5.65 Å². The monoisotopic (exact) mass is 216 g/mol.